The molecule has 19 N–H and O–H groups in total. The Balaban J connectivity index is 1.84. The van der Waals surface area contributed by atoms with E-state index in [-0.39, 0.29) is 81.5 Å². The summed E-state index contributed by atoms with van der Waals surface area (Å²) < 4.78 is 0. The van der Waals surface area contributed by atoms with Crippen molar-refractivity contribution in [2.75, 3.05) is 18.8 Å². The van der Waals surface area contributed by atoms with E-state index in [0.29, 0.717) is 11.1 Å². The van der Waals surface area contributed by atoms with Crippen molar-refractivity contribution in [3.05, 3.63) is 65.9 Å². The number of nitrogens with zero attached hydrogens (tertiary/aromatic N) is 2. The quantitative estimate of drug-likeness (QED) is 0.0180. The van der Waals surface area contributed by atoms with Crippen molar-refractivity contribution < 1.29 is 33.9 Å². The summed E-state index contributed by atoms with van der Waals surface area (Å²) in [7, 11) is 0. The van der Waals surface area contributed by atoms with Crippen LogP contribution in [-0.2, 0) is 41.6 Å². The van der Waals surface area contributed by atoms with Crippen LogP contribution in [0.3, 0.4) is 0 Å². The fraction of sp³-hybridized carbons (Fsp3) is 0.436. The third-order valence-corrected chi connectivity index (χ3v) is 9.89. The highest BCUT2D eigenvalue weighted by atomic mass is 32.1. The molecule has 3 rings (SSSR count). The van der Waals surface area contributed by atoms with Crippen LogP contribution in [0.4, 0.5) is 0 Å². The zero-order chi connectivity index (χ0) is 45.1. The number of phenolic OH excluding ortho intramolecular Hbond substituents is 1. The number of amides is 6. The molecule has 6 atom stereocenters. The number of nitrogens with one attached hydrogen (secondary N) is 6. The molecule has 3 aromatic rings. The van der Waals surface area contributed by atoms with Gasteiger partial charge in [-0.05, 0) is 61.4 Å². The van der Waals surface area contributed by atoms with E-state index in [4.69, 9.17) is 34.4 Å². The van der Waals surface area contributed by atoms with E-state index in [1.54, 1.807) is 25.3 Å². The molecular formula is C39H58N14O7S. The number of carbonyl (C=O) groups excluding carboxylic acids is 6. The third kappa shape index (κ3) is 16.2. The van der Waals surface area contributed by atoms with Gasteiger partial charge in [-0.1, -0.05) is 37.3 Å². The summed E-state index contributed by atoms with van der Waals surface area (Å²) >= 11 is 4.10. The number of phenols is 1. The number of benzene rings is 2. The fourth-order valence-electron chi connectivity index (χ4n) is 6.17. The van der Waals surface area contributed by atoms with Gasteiger partial charge in [0.05, 0.1) is 6.04 Å². The van der Waals surface area contributed by atoms with Gasteiger partial charge in [0.25, 0.3) is 0 Å². The molecule has 0 aliphatic carbocycles. The highest BCUT2D eigenvalue weighted by Gasteiger charge is 2.32. The van der Waals surface area contributed by atoms with Crippen LogP contribution in [-0.4, -0.2) is 113 Å². The monoisotopic (exact) mass is 866 g/mol. The average Bonchev–Trinajstić information content (AvgIpc) is 3.63. The molecule has 0 saturated heterocycles. The number of nitrogens with two attached hydrogens (primary N) is 6. The highest BCUT2D eigenvalue weighted by Crippen LogP contribution is 2.20. The van der Waals surface area contributed by atoms with E-state index in [1.807, 2.05) is 24.3 Å². The predicted octanol–water partition coefficient (Wildman–Crippen LogP) is -2.66. The minimum absolute atomic E-state index is 0.00569. The van der Waals surface area contributed by atoms with Gasteiger partial charge < -0.3 is 71.1 Å². The Morgan fingerprint density at radius 1 is 0.672 bits per heavy atom. The summed E-state index contributed by atoms with van der Waals surface area (Å²) in [6.07, 6.45) is 2.30. The molecule has 332 valence electrons. The van der Waals surface area contributed by atoms with E-state index in [0.717, 1.165) is 10.9 Å². The Labute approximate surface area is 358 Å². The van der Waals surface area contributed by atoms with Crippen molar-refractivity contribution in [3.8, 4) is 5.75 Å². The number of aromatic nitrogens is 1. The lowest BCUT2D eigenvalue weighted by Crippen LogP contribution is -2.59. The molecule has 61 heavy (non-hydrogen) atoms. The highest BCUT2D eigenvalue weighted by molar-refractivity contribution is 7.80. The van der Waals surface area contributed by atoms with Gasteiger partial charge in [-0.25, -0.2) is 0 Å². The molecule has 0 unspecified atom stereocenters. The Kier molecular flexibility index (Phi) is 19.6. The number of rotatable bonds is 25. The number of aromatic hydroxyl groups is 1. The average molecular weight is 867 g/mol. The second kappa shape index (κ2) is 24.5. The first-order valence-corrected chi connectivity index (χ1v) is 20.3. The molecule has 1 aromatic heterocycles. The van der Waals surface area contributed by atoms with E-state index >= 15 is 0 Å². The number of hydrogen-bond acceptors (Lipinski definition) is 11. The van der Waals surface area contributed by atoms with Crippen LogP contribution in [0.2, 0.25) is 0 Å². The summed E-state index contributed by atoms with van der Waals surface area (Å²) in [6.45, 7) is 1.86. The molecule has 2 aromatic carbocycles. The van der Waals surface area contributed by atoms with E-state index in [2.05, 4.69) is 54.2 Å². The van der Waals surface area contributed by atoms with Crippen LogP contribution in [0.1, 0.15) is 50.2 Å². The predicted molar refractivity (Wildman–Crippen MR) is 235 cm³/mol. The Morgan fingerprint density at radius 3 is 1.69 bits per heavy atom. The zero-order valence-corrected chi connectivity index (χ0v) is 34.8. The van der Waals surface area contributed by atoms with Crippen molar-refractivity contribution in [3.63, 3.8) is 0 Å². The van der Waals surface area contributed by atoms with Gasteiger partial charge in [-0.15, -0.1) is 0 Å². The maximum absolute atomic E-state index is 14.0. The number of H-pyrrole nitrogens is 1. The lowest BCUT2D eigenvalue weighted by molar-refractivity contribution is -0.135. The van der Waals surface area contributed by atoms with E-state index < -0.39 is 71.7 Å². The SMILES string of the molecule is CC[C@H](NC(=O)[C@H](CCCN=C(N)N)NC(=O)[C@H](Cc1c[nH]c2ccccc12)NC(=O)[C@@H](N)CS)C(=O)N[C@@H](CCCN=C(N)N)C(=O)N[C@@H](Cc1ccc(O)cc1)C(N)=O. The minimum atomic E-state index is -1.25. The van der Waals surface area contributed by atoms with Crippen molar-refractivity contribution in [2.45, 2.75) is 88.1 Å². The molecule has 6 amide bonds. The lowest BCUT2D eigenvalue weighted by Gasteiger charge is -2.27. The van der Waals surface area contributed by atoms with Crippen molar-refractivity contribution >= 4 is 70.9 Å². The number of thiol groups is 1. The molecule has 0 spiro atoms. The topological polar surface area (TPSA) is 379 Å². The van der Waals surface area contributed by atoms with Crippen molar-refractivity contribution in [1.29, 1.82) is 0 Å². The first-order chi connectivity index (χ1) is 29.0. The molecule has 0 aliphatic heterocycles. The van der Waals surface area contributed by atoms with Crippen molar-refractivity contribution in [1.82, 2.24) is 31.6 Å². The van der Waals surface area contributed by atoms with Crippen LogP contribution >= 0.6 is 12.6 Å². The maximum Gasteiger partial charge on any atom is 0.243 e. The Morgan fingerprint density at radius 2 is 1.16 bits per heavy atom. The molecule has 22 heteroatoms. The summed E-state index contributed by atoms with van der Waals surface area (Å²) in [4.78, 5) is 91.8. The molecular weight excluding hydrogens is 809 g/mol. The minimum Gasteiger partial charge on any atom is -0.508 e. The van der Waals surface area contributed by atoms with Crippen molar-refractivity contribution in [2.24, 2.45) is 44.4 Å². The number of carbonyl (C=O) groups is 6. The number of fused-ring (bicyclic) bond motifs is 1. The maximum atomic E-state index is 14.0. The van der Waals surface area contributed by atoms with Gasteiger partial charge in [0.2, 0.25) is 35.4 Å². The van der Waals surface area contributed by atoms with Crippen LogP contribution in [0.15, 0.2) is 64.7 Å². The van der Waals surface area contributed by atoms with Gasteiger partial charge in [0.1, 0.15) is 36.0 Å². The van der Waals surface area contributed by atoms with Gasteiger partial charge in [0, 0.05) is 48.8 Å². The lowest BCUT2D eigenvalue weighted by atomic mass is 10.0. The van der Waals surface area contributed by atoms with Crippen LogP contribution in [0.25, 0.3) is 10.9 Å². The molecule has 21 nitrogen and oxygen atoms in total. The first kappa shape index (κ1) is 48.8. The number of guanidine groups is 2. The smallest absolute Gasteiger partial charge is 0.243 e. The molecule has 0 saturated carbocycles. The Bertz CT molecular complexity index is 2020. The van der Waals surface area contributed by atoms with Gasteiger partial charge in [0.15, 0.2) is 11.9 Å². The van der Waals surface area contributed by atoms with Crippen LogP contribution in [0, 0.1) is 0 Å². The normalized spacial score (nSPS) is 13.9. The van der Waals surface area contributed by atoms with E-state index in [1.165, 1.54) is 12.1 Å². The number of hydrogen-bond donors (Lipinski definition) is 14. The number of primary amides is 1. The largest absolute Gasteiger partial charge is 0.508 e. The molecule has 0 fully saturated rings. The van der Waals surface area contributed by atoms with Gasteiger partial charge in [-0.2, -0.15) is 12.6 Å². The summed E-state index contributed by atoms with van der Waals surface area (Å²) in [5.41, 5.74) is 35.5. The number of para-hydroxylation sites is 1. The first-order valence-electron chi connectivity index (χ1n) is 19.6. The molecule has 1 heterocycles. The van der Waals surface area contributed by atoms with Gasteiger partial charge in [-0.3, -0.25) is 38.8 Å². The molecule has 0 bridgehead atoms. The number of aliphatic imine (C=N–C) groups is 2. The fourth-order valence-corrected chi connectivity index (χ4v) is 6.33. The van der Waals surface area contributed by atoms with Gasteiger partial charge >= 0.3 is 0 Å². The van der Waals surface area contributed by atoms with Crippen LogP contribution in [0.5, 0.6) is 5.75 Å². The Hall–Kier alpha value is -6.55. The standard InChI is InChI=1S/C39H58N14O7S/c1-2-26(34(57)50-29(10-6-16-47-39(44)45)36(59)52-30(32(41)55)17-21-11-13-23(54)14-12-21)49-35(58)28(9-5-15-46-38(42)43)51-37(60)31(53-33(56)25(40)20-61)18-22-19-48-27-8-4-3-7-24(22)27/h3-4,7-8,11-14,19,25-26,28-31,48,54,61H,2,5-6,9-10,15-18,20,40H2,1H3,(H2,41,55)(H,49,58)(H,50,57)(H,51,60)(H,52,59)(H,53,56)(H4,42,43,46)(H4,44,45,47)/t25-,26-,28-,29-,30-,31-/m0/s1. The van der Waals surface area contributed by atoms with Crippen LogP contribution < -0.4 is 61.0 Å². The summed E-state index contributed by atoms with van der Waals surface area (Å²) in [6, 6.07) is 6.28. The second-order valence-electron chi connectivity index (χ2n) is 14.2. The van der Waals surface area contributed by atoms with E-state index in [9.17, 15) is 33.9 Å². The third-order valence-electron chi connectivity index (χ3n) is 9.50. The molecule has 0 radical (unpaired) electrons. The zero-order valence-electron chi connectivity index (χ0n) is 33.9. The molecule has 0 aliphatic rings. The summed E-state index contributed by atoms with van der Waals surface area (Å²) in [5.74, 6) is -4.75. The second-order valence-corrected chi connectivity index (χ2v) is 14.6. The number of aromatic amines is 1. The summed E-state index contributed by atoms with van der Waals surface area (Å²) in [5, 5.41) is 23.8.